The lowest BCUT2D eigenvalue weighted by Crippen LogP contribution is -2.13. The van der Waals surface area contributed by atoms with Crippen molar-refractivity contribution in [2.24, 2.45) is 5.92 Å². The molecule has 0 spiro atoms. The van der Waals surface area contributed by atoms with Gasteiger partial charge in [0.05, 0.1) is 10.7 Å². The number of thiazole rings is 1. The van der Waals surface area contributed by atoms with E-state index in [1.54, 1.807) is 11.3 Å². The van der Waals surface area contributed by atoms with Gasteiger partial charge in [0.2, 0.25) is 0 Å². The van der Waals surface area contributed by atoms with Crippen LogP contribution >= 0.6 is 27.3 Å². The SMILES string of the molecule is Cc1nc(CC(CO)Cc2ccccc2Br)sc1C. The number of aromatic nitrogens is 1. The molecular formula is C15H18BrNOS. The maximum Gasteiger partial charge on any atom is 0.0934 e. The van der Waals surface area contributed by atoms with Crippen LogP contribution in [-0.2, 0) is 12.8 Å². The monoisotopic (exact) mass is 339 g/mol. The fourth-order valence-corrected chi connectivity index (χ4v) is 3.54. The molecule has 0 amide bonds. The highest BCUT2D eigenvalue weighted by atomic mass is 79.9. The minimum absolute atomic E-state index is 0.193. The van der Waals surface area contributed by atoms with Crippen LogP contribution in [0.5, 0.6) is 0 Å². The van der Waals surface area contributed by atoms with Gasteiger partial charge in [0.1, 0.15) is 0 Å². The number of aliphatic hydroxyl groups is 1. The normalized spacial score (nSPS) is 12.6. The van der Waals surface area contributed by atoms with Crippen LogP contribution in [-0.4, -0.2) is 16.7 Å². The van der Waals surface area contributed by atoms with E-state index in [0.29, 0.717) is 0 Å². The fraction of sp³-hybridized carbons (Fsp3) is 0.400. The zero-order chi connectivity index (χ0) is 13.8. The molecule has 1 heterocycles. The Morgan fingerprint density at radius 1 is 1.26 bits per heavy atom. The Balaban J connectivity index is 2.07. The number of benzene rings is 1. The maximum atomic E-state index is 9.58. The van der Waals surface area contributed by atoms with Gasteiger partial charge in [-0.25, -0.2) is 4.98 Å². The molecule has 0 fully saturated rings. The minimum atomic E-state index is 0.193. The number of aliphatic hydroxyl groups excluding tert-OH is 1. The van der Waals surface area contributed by atoms with E-state index in [2.05, 4.69) is 33.9 Å². The molecule has 1 aromatic heterocycles. The number of aryl methyl sites for hydroxylation is 2. The standard InChI is InChI=1S/C15H18BrNOS/c1-10-11(2)19-15(17-10)8-12(9-18)7-13-5-3-4-6-14(13)16/h3-6,12,18H,7-9H2,1-2H3. The van der Waals surface area contributed by atoms with E-state index in [0.717, 1.165) is 28.0 Å². The second-order valence-corrected chi connectivity index (χ2v) is 6.94. The highest BCUT2D eigenvalue weighted by Crippen LogP contribution is 2.24. The lowest BCUT2D eigenvalue weighted by atomic mass is 9.97. The van der Waals surface area contributed by atoms with E-state index in [9.17, 15) is 5.11 Å². The fourth-order valence-electron chi connectivity index (χ4n) is 2.05. The predicted octanol–water partition coefficient (Wildman–Crippen LogP) is 3.92. The highest BCUT2D eigenvalue weighted by molar-refractivity contribution is 9.10. The van der Waals surface area contributed by atoms with E-state index in [4.69, 9.17) is 0 Å². The minimum Gasteiger partial charge on any atom is -0.396 e. The first-order valence-corrected chi connectivity index (χ1v) is 7.98. The summed E-state index contributed by atoms with van der Waals surface area (Å²) in [5.74, 6) is 0.226. The predicted molar refractivity (Wildman–Crippen MR) is 83.7 cm³/mol. The molecule has 2 rings (SSSR count). The Hall–Kier alpha value is -0.710. The number of hydrogen-bond donors (Lipinski definition) is 1. The van der Waals surface area contributed by atoms with Crippen LogP contribution in [0.15, 0.2) is 28.7 Å². The Labute approximate surface area is 126 Å². The highest BCUT2D eigenvalue weighted by Gasteiger charge is 2.14. The molecule has 0 radical (unpaired) electrons. The summed E-state index contributed by atoms with van der Waals surface area (Å²) in [7, 11) is 0. The Bertz CT molecular complexity index is 533. The summed E-state index contributed by atoms with van der Waals surface area (Å²) in [6.45, 7) is 4.33. The van der Waals surface area contributed by atoms with Crippen LogP contribution in [0.2, 0.25) is 0 Å². The van der Waals surface area contributed by atoms with Crippen molar-refractivity contribution in [1.82, 2.24) is 4.98 Å². The Morgan fingerprint density at radius 3 is 2.58 bits per heavy atom. The summed E-state index contributed by atoms with van der Waals surface area (Å²) in [6, 6.07) is 8.19. The Kier molecular flexibility index (Phi) is 5.13. The zero-order valence-electron chi connectivity index (χ0n) is 11.2. The van der Waals surface area contributed by atoms with Crippen LogP contribution in [0.3, 0.4) is 0 Å². The van der Waals surface area contributed by atoms with Gasteiger partial charge in [-0.1, -0.05) is 34.1 Å². The van der Waals surface area contributed by atoms with Gasteiger partial charge in [-0.3, -0.25) is 0 Å². The topological polar surface area (TPSA) is 33.1 Å². The first-order valence-electron chi connectivity index (χ1n) is 6.37. The quantitative estimate of drug-likeness (QED) is 0.895. The van der Waals surface area contributed by atoms with Gasteiger partial charge in [0, 0.05) is 22.4 Å². The van der Waals surface area contributed by atoms with E-state index in [1.165, 1.54) is 10.4 Å². The molecular weight excluding hydrogens is 322 g/mol. The zero-order valence-corrected chi connectivity index (χ0v) is 13.6. The molecule has 102 valence electrons. The molecule has 2 aromatic rings. The van der Waals surface area contributed by atoms with Gasteiger partial charge in [0.25, 0.3) is 0 Å². The first kappa shape index (κ1) is 14.7. The molecule has 0 aliphatic rings. The summed E-state index contributed by atoms with van der Waals surface area (Å²) < 4.78 is 1.11. The maximum absolute atomic E-state index is 9.58. The number of rotatable bonds is 5. The van der Waals surface area contributed by atoms with Crippen molar-refractivity contribution < 1.29 is 5.11 Å². The van der Waals surface area contributed by atoms with Crippen molar-refractivity contribution in [1.29, 1.82) is 0 Å². The van der Waals surface area contributed by atoms with Gasteiger partial charge < -0.3 is 5.11 Å². The van der Waals surface area contributed by atoms with Crippen LogP contribution in [0.25, 0.3) is 0 Å². The number of hydrogen-bond acceptors (Lipinski definition) is 3. The molecule has 1 aromatic carbocycles. The molecule has 1 unspecified atom stereocenters. The summed E-state index contributed by atoms with van der Waals surface area (Å²) in [4.78, 5) is 5.83. The average Bonchev–Trinajstić information content (AvgIpc) is 2.70. The average molecular weight is 340 g/mol. The molecule has 4 heteroatoms. The van der Waals surface area contributed by atoms with Gasteiger partial charge in [0.15, 0.2) is 0 Å². The van der Waals surface area contributed by atoms with Crippen LogP contribution < -0.4 is 0 Å². The van der Waals surface area contributed by atoms with Crippen LogP contribution in [0, 0.1) is 19.8 Å². The van der Waals surface area contributed by atoms with Gasteiger partial charge in [-0.2, -0.15) is 0 Å². The van der Waals surface area contributed by atoms with Crippen molar-refractivity contribution in [3.05, 3.63) is 49.9 Å². The second-order valence-electron chi connectivity index (χ2n) is 4.80. The van der Waals surface area contributed by atoms with Crippen molar-refractivity contribution in [2.75, 3.05) is 6.61 Å². The molecule has 1 N–H and O–H groups in total. The third kappa shape index (κ3) is 3.88. The molecule has 0 aliphatic carbocycles. The number of nitrogens with zero attached hydrogens (tertiary/aromatic N) is 1. The van der Waals surface area contributed by atoms with Gasteiger partial charge in [-0.15, -0.1) is 11.3 Å². The summed E-state index contributed by atoms with van der Waals surface area (Å²) >= 11 is 5.30. The van der Waals surface area contributed by atoms with Crippen molar-refractivity contribution >= 4 is 27.3 Å². The molecule has 1 atom stereocenters. The van der Waals surface area contributed by atoms with Crippen LogP contribution in [0.1, 0.15) is 21.1 Å². The molecule has 2 nitrogen and oxygen atoms in total. The number of halogens is 1. The van der Waals surface area contributed by atoms with E-state index in [-0.39, 0.29) is 12.5 Å². The molecule has 19 heavy (non-hydrogen) atoms. The third-order valence-electron chi connectivity index (χ3n) is 3.26. The van der Waals surface area contributed by atoms with E-state index in [1.807, 2.05) is 25.1 Å². The molecule has 0 aliphatic heterocycles. The van der Waals surface area contributed by atoms with E-state index >= 15 is 0 Å². The first-order chi connectivity index (χ1) is 9.10. The van der Waals surface area contributed by atoms with Crippen molar-refractivity contribution in [2.45, 2.75) is 26.7 Å². The lowest BCUT2D eigenvalue weighted by Gasteiger charge is -2.13. The summed E-state index contributed by atoms with van der Waals surface area (Å²) in [6.07, 6.45) is 1.72. The molecule has 0 saturated carbocycles. The van der Waals surface area contributed by atoms with Crippen molar-refractivity contribution in [3.63, 3.8) is 0 Å². The van der Waals surface area contributed by atoms with E-state index < -0.39 is 0 Å². The smallest absolute Gasteiger partial charge is 0.0934 e. The summed E-state index contributed by atoms with van der Waals surface area (Å²) in [5, 5.41) is 10.7. The summed E-state index contributed by atoms with van der Waals surface area (Å²) in [5.41, 5.74) is 2.35. The largest absolute Gasteiger partial charge is 0.396 e. The van der Waals surface area contributed by atoms with Crippen molar-refractivity contribution in [3.8, 4) is 0 Å². The van der Waals surface area contributed by atoms with Crippen LogP contribution in [0.4, 0.5) is 0 Å². The molecule has 0 saturated heterocycles. The third-order valence-corrected chi connectivity index (χ3v) is 5.13. The lowest BCUT2D eigenvalue weighted by molar-refractivity contribution is 0.224. The Morgan fingerprint density at radius 2 is 2.00 bits per heavy atom. The second kappa shape index (κ2) is 6.64. The van der Waals surface area contributed by atoms with Gasteiger partial charge in [-0.05, 0) is 37.8 Å². The molecule has 0 bridgehead atoms. The van der Waals surface area contributed by atoms with Gasteiger partial charge >= 0.3 is 0 Å².